The lowest BCUT2D eigenvalue weighted by molar-refractivity contribution is -0.114. The molecule has 0 aliphatic heterocycles. The topological polar surface area (TPSA) is 88.2 Å². The average Bonchev–Trinajstić information content (AvgIpc) is 3.03. The van der Waals surface area contributed by atoms with E-state index < -0.39 is 10.0 Å². The third kappa shape index (κ3) is 4.23. The van der Waals surface area contributed by atoms with Crippen LogP contribution in [0.3, 0.4) is 0 Å². The second kappa shape index (κ2) is 7.04. The zero-order valence-corrected chi connectivity index (χ0v) is 14.9. The molecule has 1 heterocycles. The summed E-state index contributed by atoms with van der Waals surface area (Å²) in [5, 5.41) is 4.68. The summed E-state index contributed by atoms with van der Waals surface area (Å²) in [7, 11) is -3.74. The Kier molecular flexibility index (Phi) is 4.82. The Morgan fingerprint density at radius 3 is 2.36 bits per heavy atom. The van der Waals surface area contributed by atoms with Gasteiger partial charge in [-0.15, -0.1) is 11.3 Å². The number of benzene rings is 2. The summed E-state index contributed by atoms with van der Waals surface area (Å²) in [6.45, 7) is 1.39. The van der Waals surface area contributed by atoms with Crippen molar-refractivity contribution in [3.8, 4) is 11.3 Å². The van der Waals surface area contributed by atoms with E-state index in [4.69, 9.17) is 0 Å². The number of carbonyl (C=O) groups is 1. The molecule has 1 aromatic heterocycles. The van der Waals surface area contributed by atoms with Gasteiger partial charge in [-0.1, -0.05) is 30.3 Å². The molecule has 0 radical (unpaired) electrons. The molecule has 8 heteroatoms. The number of aromatic nitrogens is 1. The van der Waals surface area contributed by atoms with Crippen LogP contribution >= 0.6 is 11.3 Å². The predicted molar refractivity (Wildman–Crippen MR) is 99.1 cm³/mol. The van der Waals surface area contributed by atoms with Gasteiger partial charge < -0.3 is 5.32 Å². The van der Waals surface area contributed by atoms with Crippen LogP contribution in [0.25, 0.3) is 11.3 Å². The third-order valence-electron chi connectivity index (χ3n) is 3.28. The standard InChI is InChI=1S/C17H15N3O3S2/c1-12(21)18-14-7-9-15(10-8-14)25(22,23)20-17-19-16(11-24-17)13-5-3-2-4-6-13/h2-11H,1H3,(H,18,21)(H,19,20). The maximum Gasteiger partial charge on any atom is 0.263 e. The summed E-state index contributed by atoms with van der Waals surface area (Å²) in [6.07, 6.45) is 0. The van der Waals surface area contributed by atoms with Gasteiger partial charge in [-0.25, -0.2) is 13.4 Å². The first-order chi connectivity index (χ1) is 11.9. The molecule has 0 bridgehead atoms. The van der Waals surface area contributed by atoms with E-state index in [1.807, 2.05) is 30.3 Å². The highest BCUT2D eigenvalue weighted by Gasteiger charge is 2.16. The summed E-state index contributed by atoms with van der Waals surface area (Å²) in [6, 6.07) is 15.5. The Morgan fingerprint density at radius 1 is 1.04 bits per heavy atom. The molecule has 2 aromatic carbocycles. The maximum absolute atomic E-state index is 12.4. The molecule has 1 amide bonds. The highest BCUT2D eigenvalue weighted by atomic mass is 32.2. The van der Waals surface area contributed by atoms with E-state index in [-0.39, 0.29) is 10.8 Å². The zero-order chi connectivity index (χ0) is 17.9. The Labute approximate surface area is 149 Å². The summed E-state index contributed by atoms with van der Waals surface area (Å²) in [4.78, 5) is 15.4. The first-order valence-corrected chi connectivity index (χ1v) is 9.72. The van der Waals surface area contributed by atoms with Gasteiger partial charge in [0.25, 0.3) is 10.0 Å². The first kappa shape index (κ1) is 17.1. The number of rotatable bonds is 5. The molecular weight excluding hydrogens is 358 g/mol. The number of hydrogen-bond donors (Lipinski definition) is 2. The molecule has 3 aromatic rings. The molecule has 0 aliphatic carbocycles. The number of hydrogen-bond acceptors (Lipinski definition) is 5. The summed E-state index contributed by atoms with van der Waals surface area (Å²) >= 11 is 1.22. The largest absolute Gasteiger partial charge is 0.326 e. The van der Waals surface area contributed by atoms with Crippen molar-refractivity contribution >= 4 is 38.1 Å². The molecule has 0 saturated carbocycles. The van der Waals surface area contributed by atoms with Gasteiger partial charge in [0.2, 0.25) is 5.91 Å². The average molecular weight is 373 g/mol. The van der Waals surface area contributed by atoms with Crippen molar-refractivity contribution in [1.29, 1.82) is 0 Å². The molecule has 2 N–H and O–H groups in total. The molecule has 6 nitrogen and oxygen atoms in total. The number of nitrogens with zero attached hydrogens (tertiary/aromatic N) is 1. The van der Waals surface area contributed by atoms with E-state index in [1.165, 1.54) is 42.5 Å². The predicted octanol–water partition coefficient (Wildman–Crippen LogP) is 3.57. The van der Waals surface area contributed by atoms with Gasteiger partial charge in [0.05, 0.1) is 10.6 Å². The van der Waals surface area contributed by atoms with Crippen molar-refractivity contribution in [3.63, 3.8) is 0 Å². The van der Waals surface area contributed by atoms with Gasteiger partial charge >= 0.3 is 0 Å². The van der Waals surface area contributed by atoms with Crippen LogP contribution in [-0.4, -0.2) is 19.3 Å². The minimum Gasteiger partial charge on any atom is -0.326 e. The van der Waals surface area contributed by atoms with E-state index in [2.05, 4.69) is 15.0 Å². The van der Waals surface area contributed by atoms with E-state index in [0.29, 0.717) is 16.5 Å². The summed E-state index contributed by atoms with van der Waals surface area (Å²) in [5.74, 6) is -0.218. The number of carbonyl (C=O) groups excluding carboxylic acids is 1. The Hall–Kier alpha value is -2.71. The SMILES string of the molecule is CC(=O)Nc1ccc(S(=O)(=O)Nc2nc(-c3ccccc3)cs2)cc1. The molecule has 25 heavy (non-hydrogen) atoms. The maximum atomic E-state index is 12.4. The van der Waals surface area contributed by atoms with E-state index in [0.717, 1.165) is 5.56 Å². The van der Waals surface area contributed by atoms with Crippen LogP contribution in [0.4, 0.5) is 10.8 Å². The van der Waals surface area contributed by atoms with E-state index >= 15 is 0 Å². The quantitative estimate of drug-likeness (QED) is 0.716. The molecule has 0 fully saturated rings. The molecule has 0 saturated heterocycles. The van der Waals surface area contributed by atoms with Crippen molar-refractivity contribution in [2.24, 2.45) is 0 Å². The number of sulfonamides is 1. The fourth-order valence-corrected chi connectivity index (χ4v) is 4.13. The van der Waals surface area contributed by atoms with Crippen molar-refractivity contribution < 1.29 is 13.2 Å². The fourth-order valence-electron chi connectivity index (χ4n) is 2.16. The highest BCUT2D eigenvalue weighted by Crippen LogP contribution is 2.26. The monoisotopic (exact) mass is 373 g/mol. The molecule has 0 spiro atoms. The smallest absolute Gasteiger partial charge is 0.263 e. The summed E-state index contributed by atoms with van der Waals surface area (Å²) in [5.41, 5.74) is 2.17. The number of nitrogens with one attached hydrogen (secondary N) is 2. The van der Waals surface area contributed by atoms with Gasteiger partial charge in [-0.2, -0.15) is 0 Å². The van der Waals surface area contributed by atoms with Gasteiger partial charge in [-0.3, -0.25) is 9.52 Å². The van der Waals surface area contributed by atoms with Gasteiger partial charge in [0, 0.05) is 23.6 Å². The minimum atomic E-state index is -3.74. The summed E-state index contributed by atoms with van der Waals surface area (Å²) < 4.78 is 27.4. The third-order valence-corrected chi connectivity index (χ3v) is 5.52. The lowest BCUT2D eigenvalue weighted by Crippen LogP contribution is -2.13. The molecule has 128 valence electrons. The van der Waals surface area contributed by atoms with Gasteiger partial charge in [0.1, 0.15) is 0 Å². The molecule has 3 rings (SSSR count). The normalized spacial score (nSPS) is 11.1. The van der Waals surface area contributed by atoms with Crippen LogP contribution < -0.4 is 10.0 Å². The second-order valence-corrected chi connectivity index (χ2v) is 7.76. The van der Waals surface area contributed by atoms with Gasteiger partial charge in [0.15, 0.2) is 5.13 Å². The van der Waals surface area contributed by atoms with Crippen molar-refractivity contribution in [3.05, 3.63) is 60.0 Å². The Bertz CT molecular complexity index is 981. The fraction of sp³-hybridized carbons (Fsp3) is 0.0588. The number of thiazole rings is 1. The van der Waals surface area contributed by atoms with Crippen LogP contribution in [0.5, 0.6) is 0 Å². The number of anilines is 2. The van der Waals surface area contributed by atoms with E-state index in [1.54, 1.807) is 5.38 Å². The van der Waals surface area contributed by atoms with Gasteiger partial charge in [-0.05, 0) is 24.3 Å². The lowest BCUT2D eigenvalue weighted by Gasteiger charge is -2.06. The van der Waals surface area contributed by atoms with Crippen LogP contribution in [-0.2, 0) is 14.8 Å². The van der Waals surface area contributed by atoms with Crippen LogP contribution in [0.1, 0.15) is 6.92 Å². The molecular formula is C17H15N3O3S2. The minimum absolute atomic E-state index is 0.0954. The van der Waals surface area contributed by atoms with Crippen LogP contribution in [0.2, 0.25) is 0 Å². The van der Waals surface area contributed by atoms with Crippen molar-refractivity contribution in [1.82, 2.24) is 4.98 Å². The van der Waals surface area contributed by atoms with E-state index in [9.17, 15) is 13.2 Å². The zero-order valence-electron chi connectivity index (χ0n) is 13.3. The molecule has 0 aliphatic rings. The number of amides is 1. The van der Waals surface area contributed by atoms with Crippen LogP contribution in [0.15, 0.2) is 64.9 Å². The van der Waals surface area contributed by atoms with Crippen molar-refractivity contribution in [2.75, 3.05) is 10.0 Å². The second-order valence-electron chi connectivity index (χ2n) is 5.21. The highest BCUT2D eigenvalue weighted by molar-refractivity contribution is 7.93. The van der Waals surface area contributed by atoms with Crippen molar-refractivity contribution in [2.45, 2.75) is 11.8 Å². The first-order valence-electron chi connectivity index (χ1n) is 7.35. The molecule has 0 unspecified atom stereocenters. The Morgan fingerprint density at radius 2 is 1.72 bits per heavy atom. The van der Waals surface area contributed by atoms with Crippen LogP contribution in [0, 0.1) is 0 Å². The Balaban J connectivity index is 1.78. The molecule has 0 atom stereocenters. The lowest BCUT2D eigenvalue weighted by atomic mass is 10.2.